The van der Waals surface area contributed by atoms with Gasteiger partial charge in [0.05, 0.1) is 33.4 Å². The summed E-state index contributed by atoms with van der Waals surface area (Å²) >= 11 is 1.13. The minimum atomic E-state index is -0.949. The quantitative estimate of drug-likeness (QED) is 0.166. The number of nitro benzene ring substituents is 1. The van der Waals surface area contributed by atoms with Gasteiger partial charge in [-0.2, -0.15) is 0 Å². The third-order valence-electron chi connectivity index (χ3n) is 7.76. The number of hydrogen-bond donors (Lipinski definition) is 0. The molecule has 0 radical (unpaired) electrons. The van der Waals surface area contributed by atoms with Crippen molar-refractivity contribution in [1.29, 1.82) is 0 Å². The Morgan fingerprint density at radius 3 is 2.50 bits per heavy atom. The van der Waals surface area contributed by atoms with E-state index < -0.39 is 28.3 Å². The number of piperidine rings is 1. The Kier molecular flexibility index (Phi) is 8.21. The number of hydrogen-bond acceptors (Lipinski definition) is 8. The largest absolute Gasteiger partial charge is 0.463 e. The standard InChI is InChI=1S/C33H29FN4O5S/c1-2-43-32(40)28-29(21-9-5-3-6-10-21)35-33-37(30(28)22-11-13-24(34)14-12-22)31(39)27(44-33)20-23-19-25(38(41)42)15-16-26(23)36-17-7-4-8-18-36/h3,5-6,9-16,19-20,30H,2,4,7-8,17-18H2,1H3. The zero-order valence-corrected chi connectivity index (χ0v) is 24.8. The molecule has 1 unspecified atom stereocenters. The van der Waals surface area contributed by atoms with Gasteiger partial charge < -0.3 is 9.64 Å². The van der Waals surface area contributed by atoms with Crippen LogP contribution in [0.25, 0.3) is 11.8 Å². The molecule has 6 rings (SSSR count). The van der Waals surface area contributed by atoms with Crippen molar-refractivity contribution < 1.29 is 18.8 Å². The molecule has 44 heavy (non-hydrogen) atoms. The Balaban J connectivity index is 1.62. The molecule has 1 atom stereocenters. The molecule has 0 N–H and O–H groups in total. The molecule has 1 aromatic heterocycles. The fourth-order valence-electron chi connectivity index (χ4n) is 5.74. The number of rotatable bonds is 7. The van der Waals surface area contributed by atoms with Crippen LogP contribution < -0.4 is 19.8 Å². The number of esters is 1. The minimum Gasteiger partial charge on any atom is -0.463 e. The number of fused-ring (bicyclic) bond motifs is 1. The van der Waals surface area contributed by atoms with Crippen LogP contribution in [0.2, 0.25) is 0 Å². The number of thiazole rings is 1. The summed E-state index contributed by atoms with van der Waals surface area (Å²) in [6.07, 6.45) is 4.80. The molecule has 224 valence electrons. The van der Waals surface area contributed by atoms with Crippen molar-refractivity contribution in [2.45, 2.75) is 32.2 Å². The molecule has 0 saturated carbocycles. The van der Waals surface area contributed by atoms with Gasteiger partial charge >= 0.3 is 5.97 Å². The molecule has 4 aromatic rings. The highest BCUT2D eigenvalue weighted by Crippen LogP contribution is 2.35. The number of ether oxygens (including phenoxy) is 1. The van der Waals surface area contributed by atoms with E-state index >= 15 is 0 Å². The van der Waals surface area contributed by atoms with E-state index in [2.05, 4.69) is 4.90 Å². The van der Waals surface area contributed by atoms with Crippen LogP contribution in [-0.4, -0.2) is 35.2 Å². The van der Waals surface area contributed by atoms with E-state index in [1.165, 1.54) is 28.8 Å². The van der Waals surface area contributed by atoms with Crippen LogP contribution in [0.15, 0.2) is 88.2 Å². The molecule has 0 spiro atoms. The number of nitro groups is 1. The highest BCUT2D eigenvalue weighted by molar-refractivity contribution is 7.07. The molecular formula is C33H29FN4O5S. The number of nitrogens with zero attached hydrogens (tertiary/aromatic N) is 4. The maximum atomic E-state index is 14.2. The van der Waals surface area contributed by atoms with Crippen LogP contribution in [0.1, 0.15) is 48.9 Å². The first kappa shape index (κ1) is 29.2. The van der Waals surface area contributed by atoms with E-state index in [9.17, 15) is 24.1 Å². The van der Waals surface area contributed by atoms with E-state index in [1.807, 2.05) is 30.3 Å². The van der Waals surface area contributed by atoms with Crippen LogP contribution >= 0.6 is 11.3 Å². The molecule has 1 fully saturated rings. The van der Waals surface area contributed by atoms with Gasteiger partial charge in [-0.25, -0.2) is 14.2 Å². The molecule has 9 nitrogen and oxygen atoms in total. The van der Waals surface area contributed by atoms with Gasteiger partial charge in [0.15, 0.2) is 4.80 Å². The number of carbonyl (C=O) groups excluding carboxylic acids is 1. The number of carbonyl (C=O) groups is 1. The number of anilines is 1. The van der Waals surface area contributed by atoms with Crippen molar-refractivity contribution in [3.63, 3.8) is 0 Å². The molecule has 2 aliphatic rings. The Morgan fingerprint density at radius 2 is 1.82 bits per heavy atom. The lowest BCUT2D eigenvalue weighted by atomic mass is 9.93. The summed E-state index contributed by atoms with van der Waals surface area (Å²) in [4.78, 5) is 46.4. The molecule has 0 bridgehead atoms. The number of halogens is 1. The van der Waals surface area contributed by atoms with Crippen molar-refractivity contribution in [1.82, 2.24) is 4.57 Å². The highest BCUT2D eigenvalue weighted by Gasteiger charge is 2.35. The fourth-order valence-corrected chi connectivity index (χ4v) is 6.73. The highest BCUT2D eigenvalue weighted by atomic mass is 32.1. The SMILES string of the molecule is CCOC(=O)C1=C(c2ccccc2)N=c2sc(=Cc3cc([N+](=O)[O-])ccc3N3CCCCC3)c(=O)n2C1c1ccc(F)cc1. The zero-order valence-electron chi connectivity index (χ0n) is 23.9. The lowest BCUT2D eigenvalue weighted by Gasteiger charge is -2.30. The Labute approximate surface area is 256 Å². The predicted octanol–water partition coefficient (Wildman–Crippen LogP) is 4.97. The lowest BCUT2D eigenvalue weighted by Crippen LogP contribution is -2.40. The van der Waals surface area contributed by atoms with Gasteiger partial charge in [0.1, 0.15) is 5.82 Å². The average molecular weight is 613 g/mol. The van der Waals surface area contributed by atoms with Gasteiger partial charge in [0.2, 0.25) is 0 Å². The lowest BCUT2D eigenvalue weighted by molar-refractivity contribution is -0.384. The Bertz CT molecular complexity index is 1940. The first-order valence-corrected chi connectivity index (χ1v) is 15.2. The molecule has 0 amide bonds. The number of non-ortho nitro benzene ring substituents is 1. The zero-order chi connectivity index (χ0) is 30.8. The average Bonchev–Trinajstić information content (AvgIpc) is 3.35. The third-order valence-corrected chi connectivity index (χ3v) is 8.75. The van der Waals surface area contributed by atoms with Crippen molar-refractivity contribution in [2.24, 2.45) is 4.99 Å². The molecule has 11 heteroatoms. The number of benzene rings is 3. The monoisotopic (exact) mass is 612 g/mol. The fraction of sp³-hybridized carbons (Fsp3) is 0.242. The Hall–Kier alpha value is -4.90. The summed E-state index contributed by atoms with van der Waals surface area (Å²) in [6, 6.07) is 18.5. The van der Waals surface area contributed by atoms with Crippen LogP contribution in [0.3, 0.4) is 0 Å². The second kappa shape index (κ2) is 12.4. The van der Waals surface area contributed by atoms with E-state index in [1.54, 1.807) is 31.2 Å². The minimum absolute atomic E-state index is 0.0788. The normalized spacial score (nSPS) is 16.8. The first-order valence-electron chi connectivity index (χ1n) is 14.4. The molecule has 1 saturated heterocycles. The van der Waals surface area contributed by atoms with E-state index in [4.69, 9.17) is 9.73 Å². The molecular weight excluding hydrogens is 583 g/mol. The van der Waals surface area contributed by atoms with Crippen molar-refractivity contribution in [3.05, 3.63) is 131 Å². The van der Waals surface area contributed by atoms with Crippen LogP contribution in [0.5, 0.6) is 0 Å². The molecule has 2 aliphatic heterocycles. The maximum absolute atomic E-state index is 14.2. The van der Waals surface area contributed by atoms with Crippen LogP contribution in [-0.2, 0) is 9.53 Å². The second-order valence-corrected chi connectivity index (χ2v) is 11.5. The predicted molar refractivity (Wildman–Crippen MR) is 167 cm³/mol. The van der Waals surface area contributed by atoms with Crippen LogP contribution in [0.4, 0.5) is 15.8 Å². The third kappa shape index (κ3) is 5.58. The van der Waals surface area contributed by atoms with Crippen molar-refractivity contribution in [3.8, 4) is 0 Å². The van der Waals surface area contributed by atoms with Crippen molar-refractivity contribution in [2.75, 3.05) is 24.6 Å². The topological polar surface area (TPSA) is 107 Å². The number of aromatic nitrogens is 1. The Morgan fingerprint density at radius 1 is 1.09 bits per heavy atom. The van der Waals surface area contributed by atoms with Gasteiger partial charge in [0.25, 0.3) is 11.2 Å². The maximum Gasteiger partial charge on any atom is 0.338 e. The van der Waals surface area contributed by atoms with E-state index in [0.717, 1.165) is 49.4 Å². The summed E-state index contributed by atoms with van der Waals surface area (Å²) in [5.74, 6) is -1.09. The van der Waals surface area contributed by atoms with Crippen LogP contribution in [0, 0.1) is 15.9 Å². The van der Waals surface area contributed by atoms with E-state index in [-0.39, 0.29) is 17.9 Å². The van der Waals surface area contributed by atoms with Gasteiger partial charge in [-0.1, -0.05) is 53.8 Å². The van der Waals surface area contributed by atoms with Gasteiger partial charge in [-0.15, -0.1) is 0 Å². The van der Waals surface area contributed by atoms with E-state index in [0.29, 0.717) is 31.7 Å². The van der Waals surface area contributed by atoms with Gasteiger partial charge in [-0.3, -0.25) is 19.5 Å². The smallest absolute Gasteiger partial charge is 0.338 e. The molecule has 3 heterocycles. The molecule has 0 aliphatic carbocycles. The van der Waals surface area contributed by atoms with Gasteiger partial charge in [0, 0.05) is 42.0 Å². The van der Waals surface area contributed by atoms with Crippen molar-refractivity contribution >= 4 is 40.5 Å². The first-order chi connectivity index (χ1) is 21.4. The summed E-state index contributed by atoms with van der Waals surface area (Å²) in [7, 11) is 0. The summed E-state index contributed by atoms with van der Waals surface area (Å²) in [5.41, 5.74) is 2.55. The summed E-state index contributed by atoms with van der Waals surface area (Å²) < 4.78 is 21.2. The summed E-state index contributed by atoms with van der Waals surface area (Å²) in [6.45, 7) is 3.43. The van der Waals surface area contributed by atoms with Gasteiger partial charge in [-0.05, 0) is 56.0 Å². The second-order valence-electron chi connectivity index (χ2n) is 10.5. The molecule has 3 aromatic carbocycles. The summed E-state index contributed by atoms with van der Waals surface area (Å²) in [5, 5.41) is 11.7.